The third-order valence-corrected chi connectivity index (χ3v) is 6.34. The average molecular weight is 443 g/mol. The van der Waals surface area contributed by atoms with Crippen LogP contribution in [0.3, 0.4) is 0 Å². The number of rotatable bonds is 4. The molecule has 1 fully saturated rings. The standard InChI is InChI=1S/C22H23ClN4O2S/c1-14(2)27-22(29)17-6-4-3-5-16(17)20(25-27)21(28)24-15-7-8-19(18(23)13-15)26-9-11-30-12-10-26/h3-8,13-14H,9-12H2,1-2H3,(H,24,28). The number of hydrogen-bond donors (Lipinski definition) is 1. The van der Waals surface area contributed by atoms with E-state index < -0.39 is 0 Å². The zero-order chi connectivity index (χ0) is 21.3. The molecule has 0 bridgehead atoms. The second kappa shape index (κ2) is 8.70. The monoisotopic (exact) mass is 442 g/mol. The first kappa shape index (κ1) is 20.8. The lowest BCUT2D eigenvalue weighted by atomic mass is 10.1. The molecule has 0 unspecified atom stereocenters. The third-order valence-electron chi connectivity index (χ3n) is 5.09. The number of fused-ring (bicyclic) bond motifs is 1. The second-order valence-electron chi connectivity index (χ2n) is 7.46. The van der Waals surface area contributed by atoms with Gasteiger partial charge in [0, 0.05) is 35.7 Å². The maximum Gasteiger partial charge on any atom is 0.276 e. The molecule has 0 atom stereocenters. The van der Waals surface area contributed by atoms with Gasteiger partial charge in [-0.1, -0.05) is 29.8 Å². The fourth-order valence-electron chi connectivity index (χ4n) is 3.56. The maximum atomic E-state index is 13.1. The zero-order valence-electron chi connectivity index (χ0n) is 16.9. The van der Waals surface area contributed by atoms with Gasteiger partial charge in [0.2, 0.25) is 0 Å². The van der Waals surface area contributed by atoms with Crippen LogP contribution in [0.15, 0.2) is 47.3 Å². The molecular formula is C22H23ClN4O2S. The minimum absolute atomic E-state index is 0.162. The van der Waals surface area contributed by atoms with Gasteiger partial charge >= 0.3 is 0 Å². The molecule has 1 amide bonds. The summed E-state index contributed by atoms with van der Waals surface area (Å²) in [4.78, 5) is 28.0. The Labute approximate surface area is 184 Å². The number of hydrogen-bond acceptors (Lipinski definition) is 5. The number of aromatic nitrogens is 2. The Bertz CT molecular complexity index is 1160. The predicted octanol–water partition coefficient (Wildman–Crippen LogP) is 4.44. The van der Waals surface area contributed by atoms with Crippen LogP contribution in [-0.4, -0.2) is 40.3 Å². The van der Waals surface area contributed by atoms with Crippen LogP contribution in [0.1, 0.15) is 30.4 Å². The summed E-state index contributed by atoms with van der Waals surface area (Å²) in [5.41, 5.74) is 1.58. The van der Waals surface area contributed by atoms with Gasteiger partial charge in [0.05, 0.1) is 22.1 Å². The Morgan fingerprint density at radius 1 is 1.13 bits per heavy atom. The van der Waals surface area contributed by atoms with Crippen LogP contribution in [0.25, 0.3) is 10.8 Å². The highest BCUT2D eigenvalue weighted by Crippen LogP contribution is 2.31. The van der Waals surface area contributed by atoms with Gasteiger partial charge in [0.1, 0.15) is 0 Å². The first-order valence-corrected chi connectivity index (χ1v) is 11.4. The minimum atomic E-state index is -0.376. The van der Waals surface area contributed by atoms with E-state index in [1.165, 1.54) is 4.68 Å². The highest BCUT2D eigenvalue weighted by Gasteiger charge is 2.19. The van der Waals surface area contributed by atoms with E-state index in [0.29, 0.717) is 21.5 Å². The Morgan fingerprint density at radius 2 is 1.83 bits per heavy atom. The van der Waals surface area contributed by atoms with E-state index in [2.05, 4.69) is 15.3 Å². The minimum Gasteiger partial charge on any atom is -0.369 e. The SMILES string of the molecule is CC(C)n1nc(C(=O)Nc2ccc(N3CCSCC3)c(Cl)c2)c2ccccc2c1=O. The molecule has 1 aliphatic rings. The van der Waals surface area contributed by atoms with Gasteiger partial charge in [-0.05, 0) is 38.1 Å². The van der Waals surface area contributed by atoms with Gasteiger partial charge in [-0.2, -0.15) is 16.9 Å². The molecule has 0 spiro atoms. The molecule has 1 N–H and O–H groups in total. The van der Waals surface area contributed by atoms with Crippen molar-refractivity contribution in [3.8, 4) is 0 Å². The Hall–Kier alpha value is -2.51. The maximum absolute atomic E-state index is 13.1. The number of halogens is 1. The van der Waals surface area contributed by atoms with Gasteiger partial charge < -0.3 is 10.2 Å². The van der Waals surface area contributed by atoms with Crippen LogP contribution < -0.4 is 15.8 Å². The molecule has 0 aliphatic carbocycles. The molecular weight excluding hydrogens is 420 g/mol. The topological polar surface area (TPSA) is 67.2 Å². The van der Waals surface area contributed by atoms with Crippen LogP contribution in [0, 0.1) is 0 Å². The molecule has 0 saturated carbocycles. The zero-order valence-corrected chi connectivity index (χ0v) is 18.5. The third kappa shape index (κ3) is 4.04. The average Bonchev–Trinajstić information content (AvgIpc) is 2.74. The van der Waals surface area contributed by atoms with Gasteiger partial charge in [-0.25, -0.2) is 4.68 Å². The molecule has 6 nitrogen and oxygen atoms in total. The molecule has 3 aromatic rings. The fourth-order valence-corrected chi connectivity index (χ4v) is 4.76. The first-order valence-electron chi connectivity index (χ1n) is 9.91. The van der Waals surface area contributed by atoms with E-state index in [4.69, 9.17) is 11.6 Å². The van der Waals surface area contributed by atoms with Gasteiger partial charge in [0.15, 0.2) is 5.69 Å². The predicted molar refractivity (Wildman–Crippen MR) is 125 cm³/mol. The van der Waals surface area contributed by atoms with E-state index in [1.807, 2.05) is 37.7 Å². The lowest BCUT2D eigenvalue weighted by molar-refractivity contribution is 0.102. The van der Waals surface area contributed by atoms with Crippen LogP contribution in [0.2, 0.25) is 5.02 Å². The van der Waals surface area contributed by atoms with Crippen LogP contribution >= 0.6 is 23.4 Å². The van der Waals surface area contributed by atoms with Crippen molar-refractivity contribution >= 4 is 51.4 Å². The van der Waals surface area contributed by atoms with Gasteiger partial charge in [-0.15, -0.1) is 0 Å². The quantitative estimate of drug-likeness (QED) is 0.647. The van der Waals surface area contributed by atoms with E-state index in [1.54, 1.807) is 30.3 Å². The molecule has 1 aliphatic heterocycles. The Kier molecular flexibility index (Phi) is 6.01. The van der Waals surface area contributed by atoms with Gasteiger partial charge in [-0.3, -0.25) is 9.59 Å². The summed E-state index contributed by atoms with van der Waals surface area (Å²) in [5, 5.41) is 8.85. The number of amides is 1. The number of carbonyl (C=O) groups is 1. The molecule has 1 saturated heterocycles. The lowest BCUT2D eigenvalue weighted by Gasteiger charge is -2.29. The van der Waals surface area contributed by atoms with Crippen molar-refractivity contribution in [3.63, 3.8) is 0 Å². The highest BCUT2D eigenvalue weighted by molar-refractivity contribution is 7.99. The number of thioether (sulfide) groups is 1. The summed E-state index contributed by atoms with van der Waals surface area (Å²) in [7, 11) is 0. The van der Waals surface area contributed by atoms with E-state index in [9.17, 15) is 9.59 Å². The molecule has 156 valence electrons. The summed E-state index contributed by atoms with van der Waals surface area (Å²) in [6.07, 6.45) is 0. The van der Waals surface area contributed by atoms with Crippen molar-refractivity contribution in [2.24, 2.45) is 0 Å². The normalized spacial score (nSPS) is 14.3. The highest BCUT2D eigenvalue weighted by atomic mass is 35.5. The van der Waals surface area contributed by atoms with E-state index >= 15 is 0 Å². The van der Waals surface area contributed by atoms with Crippen LogP contribution in [0.4, 0.5) is 11.4 Å². The number of nitrogens with zero attached hydrogens (tertiary/aromatic N) is 3. The number of anilines is 2. The molecule has 1 aromatic heterocycles. The van der Waals surface area contributed by atoms with Crippen molar-refractivity contribution in [1.29, 1.82) is 0 Å². The Balaban J connectivity index is 1.66. The molecule has 30 heavy (non-hydrogen) atoms. The van der Waals surface area contributed by atoms with Crippen molar-refractivity contribution in [2.45, 2.75) is 19.9 Å². The van der Waals surface area contributed by atoms with Gasteiger partial charge in [0.25, 0.3) is 11.5 Å². The second-order valence-corrected chi connectivity index (χ2v) is 9.09. The number of carbonyl (C=O) groups excluding carboxylic acids is 1. The summed E-state index contributed by atoms with van der Waals surface area (Å²) >= 11 is 8.45. The van der Waals surface area contributed by atoms with Crippen LogP contribution in [0.5, 0.6) is 0 Å². The number of benzene rings is 2. The van der Waals surface area contributed by atoms with E-state index in [-0.39, 0.29) is 23.2 Å². The number of nitrogens with one attached hydrogen (secondary N) is 1. The van der Waals surface area contributed by atoms with E-state index in [0.717, 1.165) is 30.3 Å². The first-order chi connectivity index (χ1) is 14.5. The largest absolute Gasteiger partial charge is 0.369 e. The molecule has 0 radical (unpaired) electrons. The summed E-state index contributed by atoms with van der Waals surface area (Å²) in [6.45, 7) is 5.65. The lowest BCUT2D eigenvalue weighted by Crippen LogP contribution is -2.32. The molecule has 2 aromatic carbocycles. The van der Waals surface area contributed by atoms with Crippen molar-refractivity contribution < 1.29 is 4.79 Å². The Morgan fingerprint density at radius 3 is 2.50 bits per heavy atom. The van der Waals surface area contributed by atoms with Crippen molar-refractivity contribution in [1.82, 2.24) is 9.78 Å². The molecule has 2 heterocycles. The van der Waals surface area contributed by atoms with Crippen molar-refractivity contribution in [2.75, 3.05) is 34.8 Å². The summed E-state index contributed by atoms with van der Waals surface area (Å²) in [5.74, 6) is 1.79. The molecule has 4 rings (SSSR count). The fraction of sp³-hybridized carbons (Fsp3) is 0.318. The van der Waals surface area contributed by atoms with Crippen LogP contribution in [-0.2, 0) is 0 Å². The van der Waals surface area contributed by atoms with Crippen molar-refractivity contribution in [3.05, 3.63) is 63.5 Å². The molecule has 8 heteroatoms. The summed E-state index contributed by atoms with van der Waals surface area (Å²) < 4.78 is 1.35. The smallest absolute Gasteiger partial charge is 0.276 e. The summed E-state index contributed by atoms with van der Waals surface area (Å²) in [6, 6.07) is 12.4.